The molecule has 0 unspecified atom stereocenters. The zero-order valence-corrected chi connectivity index (χ0v) is 8.89. The Balaban J connectivity index is -0.0000000267. The molecule has 0 aromatic rings. The molecule has 32 valence electrons. The van der Waals surface area contributed by atoms with Crippen molar-refractivity contribution in [2.45, 2.75) is 0 Å². The van der Waals surface area contributed by atoms with Gasteiger partial charge in [0.25, 0.3) is 0 Å². The molecule has 0 aliphatic heterocycles. The quantitative estimate of drug-likeness (QED) is 0.350. The van der Waals surface area contributed by atoms with Gasteiger partial charge >= 0.3 is 61.0 Å². The first-order valence-corrected chi connectivity index (χ1v) is 2.19. The molecule has 6 heteroatoms. The summed E-state index contributed by atoms with van der Waals surface area (Å²) in [5.74, 6) is 0. The van der Waals surface area contributed by atoms with Crippen molar-refractivity contribution in [1.82, 2.24) is 0 Å². The van der Waals surface area contributed by atoms with Crippen molar-refractivity contribution in [3.8, 4) is 0 Å². The van der Waals surface area contributed by atoms with Gasteiger partial charge in [-0.05, 0) is 0 Å². The summed E-state index contributed by atoms with van der Waals surface area (Å²) in [5.41, 5.74) is 0. The largest absolute Gasteiger partial charge is 1.00 e. The van der Waals surface area contributed by atoms with Gasteiger partial charge in [0.05, 0.1) is 0 Å². The van der Waals surface area contributed by atoms with Crippen LogP contribution in [0.25, 0.3) is 0 Å². The van der Waals surface area contributed by atoms with Gasteiger partial charge in [0.1, 0.15) is 0 Å². The van der Waals surface area contributed by atoms with E-state index in [2.05, 4.69) is 0 Å². The molecule has 0 N–H and O–H groups in total. The van der Waals surface area contributed by atoms with Crippen LogP contribution in [-0.4, -0.2) is 0 Å². The average molecular weight is 182 g/mol. The van der Waals surface area contributed by atoms with Gasteiger partial charge in [-0.3, -0.25) is 0 Å². The smallest absolute Gasteiger partial charge is 0.822 e. The van der Waals surface area contributed by atoms with E-state index in [0.717, 1.165) is 0 Å². The molecule has 6 heavy (non-hydrogen) atoms. The third kappa shape index (κ3) is 39.0. The molecule has 0 aliphatic carbocycles. The fourth-order valence-corrected chi connectivity index (χ4v) is 0. The van der Waals surface area contributed by atoms with Crippen LogP contribution in [0.5, 0.6) is 0 Å². The second kappa shape index (κ2) is 3.86. The monoisotopic (exact) mass is 182 g/mol. The van der Waals surface area contributed by atoms with E-state index in [4.69, 9.17) is 19.2 Å². The van der Waals surface area contributed by atoms with Crippen LogP contribution in [0.15, 0.2) is 0 Å². The topological polar surface area (TPSA) is 86.2 Å². The summed E-state index contributed by atoms with van der Waals surface area (Å²) in [7, 11) is -5.39. The van der Waals surface area contributed by atoms with Crippen LogP contribution in [0.3, 0.4) is 0 Å². The van der Waals surface area contributed by atoms with Gasteiger partial charge in [0, 0.05) is 0 Å². The van der Waals surface area contributed by atoms with Crippen molar-refractivity contribution >= 4 is 7.82 Å². The number of hydrogen-bond acceptors (Lipinski definition) is 4. The Kier molecular flexibility index (Phi) is 6.96. The average Bonchev–Trinajstić information content (AvgIpc) is 0.722. The molecule has 0 heterocycles. The van der Waals surface area contributed by atoms with Crippen molar-refractivity contribution < 1.29 is 80.3 Å². The van der Waals surface area contributed by atoms with Gasteiger partial charge in [0.2, 0.25) is 0 Å². The van der Waals surface area contributed by atoms with Crippen molar-refractivity contribution in [3.63, 3.8) is 0 Å². The number of hydrogen-bond donors (Lipinski definition) is 0. The summed E-state index contributed by atoms with van der Waals surface area (Å²) in [6.45, 7) is 0. The maximum atomic E-state index is 8.55. The second-order valence-corrected chi connectivity index (χ2v) is 1.34. The zero-order valence-electron chi connectivity index (χ0n) is 5.08. The fraction of sp³-hybridized carbons (Fsp3) is 0. The molecule has 0 atom stereocenters. The van der Waals surface area contributed by atoms with Gasteiger partial charge in [0.15, 0.2) is 0 Å². The first kappa shape index (κ1) is 10.8. The Labute approximate surface area is 86.6 Å². The minimum Gasteiger partial charge on any atom is -0.822 e. The van der Waals surface area contributed by atoms with E-state index in [1.807, 2.05) is 0 Å². The standard InChI is InChI=1S/H3O4P.Rb/c1-5(2,3)4;/h(H3,1,2,3,4);/q;+1/p-1. The maximum Gasteiger partial charge on any atom is 1.00 e. The van der Waals surface area contributed by atoms with Crippen LogP contribution in [-0.2, 0) is 4.57 Å². The van der Waals surface area contributed by atoms with E-state index in [1.54, 1.807) is 0 Å². The van der Waals surface area contributed by atoms with Crippen molar-refractivity contribution in [3.05, 3.63) is 0 Å². The van der Waals surface area contributed by atoms with E-state index in [9.17, 15) is 0 Å². The minimum atomic E-state index is -5.39. The summed E-state index contributed by atoms with van der Waals surface area (Å²) < 4.78 is 8.55. The molecule has 0 aliphatic rings. The Morgan fingerprint density at radius 1 is 1.33 bits per heavy atom. The van der Waals surface area contributed by atoms with E-state index < -0.39 is 7.82 Å². The Morgan fingerprint density at radius 3 is 1.33 bits per heavy atom. The number of rotatable bonds is 0. The molecule has 0 saturated carbocycles. The van der Waals surface area contributed by atoms with Crippen LogP contribution in [0.2, 0.25) is 0 Å². The molecule has 4 nitrogen and oxygen atoms in total. The zero-order chi connectivity index (χ0) is 4.50. The van der Waals surface area contributed by atoms with Crippen LogP contribution < -0.4 is 72.9 Å². The fourth-order valence-electron chi connectivity index (χ4n) is 0. The summed E-state index contributed by atoms with van der Waals surface area (Å²) >= 11 is 0. The summed E-state index contributed by atoms with van der Waals surface area (Å²) in [4.78, 5) is 25.6. The summed E-state index contributed by atoms with van der Waals surface area (Å²) in [6.07, 6.45) is 0. The Morgan fingerprint density at radius 2 is 1.33 bits per heavy atom. The van der Waals surface area contributed by atoms with E-state index >= 15 is 0 Å². The molecule has 0 saturated heterocycles. The van der Waals surface area contributed by atoms with Gasteiger partial charge in [-0.2, -0.15) is 7.82 Å². The molecule has 0 radical (unpaired) electrons. The summed E-state index contributed by atoms with van der Waals surface area (Å²) in [6, 6.07) is 0. The van der Waals surface area contributed by atoms with Gasteiger partial charge in [-0.1, -0.05) is 0 Å². The van der Waals surface area contributed by atoms with Gasteiger partial charge in [-0.15, -0.1) is 0 Å². The van der Waals surface area contributed by atoms with Crippen LogP contribution in [0.1, 0.15) is 2.85 Å². The molecule has 0 fully saturated rings. The second-order valence-electron chi connectivity index (χ2n) is 0.447. The molecule has 0 rings (SSSR count). The van der Waals surface area contributed by atoms with E-state index in [-0.39, 0.29) is 61.0 Å². The summed E-state index contributed by atoms with van der Waals surface area (Å²) in [5, 5.41) is 0. The van der Waals surface area contributed by atoms with Crippen LogP contribution in [0.4, 0.5) is 0 Å². The molecular weight excluding hydrogens is 180 g/mol. The third-order valence-electron chi connectivity index (χ3n) is 0. The van der Waals surface area contributed by atoms with Crippen molar-refractivity contribution in [1.29, 1.82) is 0 Å². The molecule has 0 bridgehead atoms. The maximum absolute atomic E-state index is 8.55. The normalized spacial score (nSPS) is 9.83. The first-order valence-electron chi connectivity index (χ1n) is 0.730. The van der Waals surface area contributed by atoms with Crippen molar-refractivity contribution in [2.75, 3.05) is 0 Å². The predicted octanol–water partition coefficient (Wildman–Crippen LogP) is -5.60. The molecular formula is H2O4PRb. The Hall–Kier alpha value is 1.92. The third-order valence-corrected chi connectivity index (χ3v) is 0. The van der Waals surface area contributed by atoms with E-state index in [0.29, 0.717) is 0 Å². The Bertz CT molecular complexity index is 60.2. The van der Waals surface area contributed by atoms with Crippen molar-refractivity contribution in [2.24, 2.45) is 0 Å². The molecule has 0 aromatic heterocycles. The molecule has 0 spiro atoms. The van der Waals surface area contributed by atoms with Crippen LogP contribution in [0, 0.1) is 0 Å². The minimum absolute atomic E-state index is 0. The van der Waals surface area contributed by atoms with Gasteiger partial charge in [-0.25, -0.2) is 0 Å². The SMILES string of the molecule is O=P([O-])([O-])[O-].[H+].[H+].[Rb+]. The molecule has 0 amide bonds. The molecule has 0 aromatic carbocycles. The number of phosphoric acid groups is 1. The van der Waals surface area contributed by atoms with Gasteiger partial charge < -0.3 is 19.2 Å². The van der Waals surface area contributed by atoms with Crippen LogP contribution >= 0.6 is 7.82 Å². The predicted molar refractivity (Wildman–Crippen MR) is 9.83 cm³/mol. The van der Waals surface area contributed by atoms with E-state index in [1.165, 1.54) is 0 Å². The first-order chi connectivity index (χ1) is 2.00.